The normalized spacial score (nSPS) is 20.0. The first kappa shape index (κ1) is 18.9. The van der Waals surface area contributed by atoms with Crippen molar-refractivity contribution in [2.45, 2.75) is 47.5 Å². The Morgan fingerprint density at radius 2 is 1.83 bits per heavy atom. The first-order chi connectivity index (χ1) is 10.6. The van der Waals surface area contributed by atoms with Crippen LogP contribution in [0.3, 0.4) is 0 Å². The molecule has 0 saturated heterocycles. The minimum Gasteiger partial charge on any atom is -0.478 e. The Morgan fingerprint density at radius 3 is 2.43 bits per heavy atom. The zero-order valence-corrected chi connectivity index (χ0v) is 14.6. The van der Waals surface area contributed by atoms with Gasteiger partial charge in [0.2, 0.25) is 0 Å². The average molecular weight is 314 g/mol. The summed E-state index contributed by atoms with van der Waals surface area (Å²) in [5.41, 5.74) is 3.71. The van der Waals surface area contributed by atoms with E-state index < -0.39 is 5.97 Å². The van der Waals surface area contributed by atoms with E-state index in [1.54, 1.807) is 13.0 Å². The van der Waals surface area contributed by atoms with Gasteiger partial charge in [-0.1, -0.05) is 49.8 Å². The fourth-order valence-corrected chi connectivity index (χ4v) is 2.62. The summed E-state index contributed by atoms with van der Waals surface area (Å²) >= 11 is 0. The SMILES string of the molecule is CC1=C(\C=C/C(C)=C\C=C\C(C)=C\C(=O)O)C(C)(C)CCC1=O. The van der Waals surface area contributed by atoms with Crippen LogP contribution in [-0.2, 0) is 9.59 Å². The Labute approximate surface area is 138 Å². The van der Waals surface area contributed by atoms with Gasteiger partial charge >= 0.3 is 5.97 Å². The maximum absolute atomic E-state index is 11.9. The molecule has 1 aliphatic carbocycles. The molecule has 0 aromatic heterocycles. The van der Waals surface area contributed by atoms with Crippen molar-refractivity contribution in [1.29, 1.82) is 0 Å². The standard InChI is InChI=1S/C20H26O3/c1-14(7-6-8-15(2)13-19(22)23)9-10-17-16(3)18(21)11-12-20(17,4)5/h6-10,13H,11-12H2,1-5H3,(H,22,23)/b8-6+,10-9-,14-7-,15-13+. The summed E-state index contributed by atoms with van der Waals surface area (Å²) in [7, 11) is 0. The molecule has 1 rings (SSSR count). The largest absolute Gasteiger partial charge is 0.478 e. The molecule has 0 heterocycles. The summed E-state index contributed by atoms with van der Waals surface area (Å²) in [5, 5.41) is 8.65. The lowest BCUT2D eigenvalue weighted by atomic mass is 9.72. The van der Waals surface area contributed by atoms with Crippen LogP contribution in [0, 0.1) is 5.41 Å². The number of aliphatic carboxylic acids is 1. The Kier molecular flexibility index (Phi) is 6.49. The van der Waals surface area contributed by atoms with E-state index in [0.29, 0.717) is 12.0 Å². The quantitative estimate of drug-likeness (QED) is 0.587. The summed E-state index contributed by atoms with van der Waals surface area (Å²) in [6.45, 7) is 9.96. The van der Waals surface area contributed by atoms with Gasteiger partial charge in [-0.25, -0.2) is 4.79 Å². The predicted octanol–water partition coefficient (Wildman–Crippen LogP) is 4.78. The lowest BCUT2D eigenvalue weighted by Crippen LogP contribution is -2.24. The van der Waals surface area contributed by atoms with Crippen molar-refractivity contribution in [2.24, 2.45) is 5.41 Å². The Hall–Kier alpha value is -2.16. The minimum absolute atomic E-state index is 0.0193. The second-order valence-electron chi connectivity index (χ2n) is 6.68. The van der Waals surface area contributed by atoms with Gasteiger partial charge in [0.25, 0.3) is 0 Å². The van der Waals surface area contributed by atoms with Crippen LogP contribution in [0.15, 0.2) is 58.7 Å². The number of rotatable bonds is 5. The first-order valence-corrected chi connectivity index (χ1v) is 7.82. The van der Waals surface area contributed by atoms with Gasteiger partial charge in [0.05, 0.1) is 0 Å². The van der Waals surface area contributed by atoms with Gasteiger partial charge in [-0.15, -0.1) is 0 Å². The van der Waals surface area contributed by atoms with Gasteiger partial charge in [0.15, 0.2) is 5.78 Å². The number of carbonyl (C=O) groups excluding carboxylic acids is 1. The second-order valence-corrected chi connectivity index (χ2v) is 6.68. The lowest BCUT2D eigenvalue weighted by molar-refractivity contribution is -0.131. The number of carboxylic acids is 1. The van der Waals surface area contributed by atoms with E-state index >= 15 is 0 Å². The van der Waals surface area contributed by atoms with Crippen molar-refractivity contribution in [1.82, 2.24) is 0 Å². The number of allylic oxidation sites excluding steroid dienone is 9. The van der Waals surface area contributed by atoms with E-state index in [0.717, 1.165) is 23.1 Å². The van der Waals surface area contributed by atoms with Gasteiger partial charge in [-0.05, 0) is 49.3 Å². The molecule has 0 aliphatic heterocycles. The van der Waals surface area contributed by atoms with E-state index in [9.17, 15) is 9.59 Å². The molecule has 1 N–H and O–H groups in total. The molecule has 124 valence electrons. The van der Waals surface area contributed by atoms with Crippen molar-refractivity contribution in [3.8, 4) is 0 Å². The molecule has 0 amide bonds. The van der Waals surface area contributed by atoms with E-state index in [4.69, 9.17) is 5.11 Å². The molecule has 0 radical (unpaired) electrons. The van der Waals surface area contributed by atoms with Crippen LogP contribution in [0.5, 0.6) is 0 Å². The molecule has 0 aromatic carbocycles. The number of ketones is 1. The number of hydrogen-bond donors (Lipinski definition) is 1. The highest BCUT2D eigenvalue weighted by Crippen LogP contribution is 2.39. The fourth-order valence-electron chi connectivity index (χ4n) is 2.62. The third-order valence-corrected chi connectivity index (χ3v) is 4.11. The van der Waals surface area contributed by atoms with Gasteiger partial charge < -0.3 is 5.11 Å². The Morgan fingerprint density at radius 1 is 1.17 bits per heavy atom. The Balaban J connectivity index is 2.89. The molecule has 0 saturated carbocycles. The molecule has 0 fully saturated rings. The highest BCUT2D eigenvalue weighted by Gasteiger charge is 2.30. The monoisotopic (exact) mass is 314 g/mol. The molecular formula is C20H26O3. The van der Waals surface area contributed by atoms with Crippen molar-refractivity contribution in [3.63, 3.8) is 0 Å². The average Bonchev–Trinajstić information content (AvgIpc) is 2.42. The maximum Gasteiger partial charge on any atom is 0.328 e. The Bertz CT molecular complexity index is 638. The fraction of sp³-hybridized carbons (Fsp3) is 0.400. The zero-order chi connectivity index (χ0) is 17.6. The minimum atomic E-state index is -0.945. The van der Waals surface area contributed by atoms with Crippen LogP contribution in [0.25, 0.3) is 0 Å². The van der Waals surface area contributed by atoms with E-state index in [1.165, 1.54) is 6.08 Å². The van der Waals surface area contributed by atoms with Crippen LogP contribution in [0.4, 0.5) is 0 Å². The molecule has 0 atom stereocenters. The summed E-state index contributed by atoms with van der Waals surface area (Å²) in [5.74, 6) is -0.709. The second kappa shape index (κ2) is 7.91. The van der Waals surface area contributed by atoms with Gasteiger partial charge in [0.1, 0.15) is 0 Å². The molecule has 3 heteroatoms. The first-order valence-electron chi connectivity index (χ1n) is 7.82. The van der Waals surface area contributed by atoms with Crippen LogP contribution in [0.2, 0.25) is 0 Å². The smallest absolute Gasteiger partial charge is 0.328 e. The summed E-state index contributed by atoms with van der Waals surface area (Å²) in [4.78, 5) is 22.4. The molecule has 3 nitrogen and oxygen atoms in total. The van der Waals surface area contributed by atoms with Crippen LogP contribution >= 0.6 is 0 Å². The van der Waals surface area contributed by atoms with Crippen molar-refractivity contribution < 1.29 is 14.7 Å². The number of Topliss-reactive ketones (excluding diaryl/α,β-unsaturated/α-hetero) is 1. The van der Waals surface area contributed by atoms with Crippen molar-refractivity contribution in [3.05, 3.63) is 58.7 Å². The topological polar surface area (TPSA) is 54.4 Å². The lowest BCUT2D eigenvalue weighted by Gasteiger charge is -2.32. The van der Waals surface area contributed by atoms with E-state index in [1.807, 2.05) is 38.2 Å². The predicted molar refractivity (Wildman–Crippen MR) is 94.2 cm³/mol. The molecule has 0 aromatic rings. The third kappa shape index (κ3) is 5.85. The zero-order valence-electron chi connectivity index (χ0n) is 14.6. The summed E-state index contributed by atoms with van der Waals surface area (Å²) < 4.78 is 0. The number of carbonyl (C=O) groups is 2. The van der Waals surface area contributed by atoms with Gasteiger partial charge in [0, 0.05) is 12.5 Å². The number of hydrogen-bond acceptors (Lipinski definition) is 2. The van der Waals surface area contributed by atoms with E-state index in [-0.39, 0.29) is 11.2 Å². The summed E-state index contributed by atoms with van der Waals surface area (Å²) in [6.07, 6.45) is 12.2. The molecule has 0 spiro atoms. The molecular weight excluding hydrogens is 288 g/mol. The highest BCUT2D eigenvalue weighted by atomic mass is 16.4. The van der Waals surface area contributed by atoms with Crippen LogP contribution < -0.4 is 0 Å². The van der Waals surface area contributed by atoms with Gasteiger partial charge in [-0.3, -0.25) is 4.79 Å². The summed E-state index contributed by atoms with van der Waals surface area (Å²) in [6, 6.07) is 0. The van der Waals surface area contributed by atoms with E-state index in [2.05, 4.69) is 13.8 Å². The van der Waals surface area contributed by atoms with Crippen molar-refractivity contribution in [2.75, 3.05) is 0 Å². The number of carboxylic acid groups (broad SMARTS) is 1. The highest BCUT2D eigenvalue weighted by molar-refractivity contribution is 5.97. The van der Waals surface area contributed by atoms with Crippen LogP contribution in [-0.4, -0.2) is 16.9 Å². The molecule has 1 aliphatic rings. The van der Waals surface area contributed by atoms with Gasteiger partial charge in [-0.2, -0.15) is 0 Å². The maximum atomic E-state index is 11.9. The molecule has 0 bridgehead atoms. The van der Waals surface area contributed by atoms with Crippen LogP contribution in [0.1, 0.15) is 47.5 Å². The third-order valence-electron chi connectivity index (χ3n) is 4.11. The molecule has 0 unspecified atom stereocenters. The van der Waals surface area contributed by atoms with Crippen molar-refractivity contribution >= 4 is 11.8 Å². The molecule has 23 heavy (non-hydrogen) atoms.